The highest BCUT2D eigenvalue weighted by Gasteiger charge is 2.41. The van der Waals surface area contributed by atoms with Gasteiger partial charge >= 0.3 is 0 Å². The van der Waals surface area contributed by atoms with Gasteiger partial charge < -0.3 is 15.1 Å². The Morgan fingerprint density at radius 2 is 1.68 bits per heavy atom. The number of benzene rings is 1. The van der Waals surface area contributed by atoms with Crippen LogP contribution >= 0.6 is 0 Å². The van der Waals surface area contributed by atoms with Crippen molar-refractivity contribution in [2.24, 2.45) is 0 Å². The van der Waals surface area contributed by atoms with Gasteiger partial charge in [-0.25, -0.2) is 0 Å². The second kappa shape index (κ2) is 8.11. The van der Waals surface area contributed by atoms with E-state index >= 15 is 0 Å². The summed E-state index contributed by atoms with van der Waals surface area (Å²) in [7, 11) is 0. The number of ketones is 1. The van der Waals surface area contributed by atoms with Crippen LogP contribution in [0.4, 0.5) is 0 Å². The summed E-state index contributed by atoms with van der Waals surface area (Å²) >= 11 is 0. The summed E-state index contributed by atoms with van der Waals surface area (Å²) < 4.78 is 0. The summed E-state index contributed by atoms with van der Waals surface area (Å²) in [5.74, 6) is 0.440. The predicted molar refractivity (Wildman–Crippen MR) is 98.5 cm³/mol. The number of nitrogens with one attached hydrogen (secondary N) is 1. The summed E-state index contributed by atoms with van der Waals surface area (Å²) in [6, 6.07) is 10.1. The van der Waals surface area contributed by atoms with Crippen LogP contribution in [-0.2, 0) is 15.0 Å². The Kier molecular flexibility index (Phi) is 5.86. The molecule has 2 saturated heterocycles. The van der Waals surface area contributed by atoms with E-state index in [4.69, 9.17) is 0 Å². The zero-order valence-electron chi connectivity index (χ0n) is 15.2. The SMILES string of the molecule is CC(=O)C1(c2ccccc2)CCN(C(=O)CCN2CCNCC2)CC1. The molecule has 2 aliphatic rings. The van der Waals surface area contributed by atoms with Crippen LogP contribution in [-0.4, -0.2) is 67.3 Å². The van der Waals surface area contributed by atoms with Gasteiger partial charge in [0.2, 0.25) is 5.91 Å². The zero-order valence-corrected chi connectivity index (χ0v) is 15.2. The Bertz CT molecular complexity index is 588. The van der Waals surface area contributed by atoms with Crippen molar-refractivity contribution in [3.8, 4) is 0 Å². The fraction of sp³-hybridized carbons (Fsp3) is 0.600. The molecule has 5 heteroatoms. The minimum Gasteiger partial charge on any atom is -0.343 e. The number of amides is 1. The van der Waals surface area contributed by atoms with Crippen LogP contribution in [0.15, 0.2) is 30.3 Å². The molecule has 2 fully saturated rings. The van der Waals surface area contributed by atoms with Crippen LogP contribution in [0.2, 0.25) is 0 Å². The Hall–Kier alpha value is -1.72. The molecule has 3 rings (SSSR count). The second-order valence-electron chi connectivity index (χ2n) is 7.23. The monoisotopic (exact) mass is 343 g/mol. The molecule has 0 aliphatic carbocycles. The van der Waals surface area contributed by atoms with Gasteiger partial charge in [0, 0.05) is 52.2 Å². The van der Waals surface area contributed by atoms with E-state index < -0.39 is 5.41 Å². The number of nitrogens with zero attached hydrogens (tertiary/aromatic N) is 2. The third kappa shape index (κ3) is 4.10. The van der Waals surface area contributed by atoms with E-state index in [1.54, 1.807) is 6.92 Å². The Labute approximate surface area is 150 Å². The van der Waals surface area contributed by atoms with Crippen LogP contribution in [0.3, 0.4) is 0 Å². The highest BCUT2D eigenvalue weighted by Crippen LogP contribution is 2.36. The van der Waals surface area contributed by atoms with Gasteiger partial charge in [0.25, 0.3) is 0 Å². The minimum atomic E-state index is -0.420. The van der Waals surface area contributed by atoms with Crippen molar-refractivity contribution in [2.45, 2.75) is 31.6 Å². The van der Waals surface area contributed by atoms with Crippen LogP contribution < -0.4 is 5.32 Å². The highest BCUT2D eigenvalue weighted by molar-refractivity contribution is 5.88. The molecular weight excluding hydrogens is 314 g/mol. The number of piperazine rings is 1. The van der Waals surface area contributed by atoms with Crippen molar-refractivity contribution < 1.29 is 9.59 Å². The molecule has 0 aromatic heterocycles. The van der Waals surface area contributed by atoms with Crippen molar-refractivity contribution in [3.63, 3.8) is 0 Å². The third-order valence-corrected chi connectivity index (χ3v) is 5.82. The van der Waals surface area contributed by atoms with Gasteiger partial charge in [-0.2, -0.15) is 0 Å². The first-order chi connectivity index (χ1) is 12.1. The van der Waals surface area contributed by atoms with Gasteiger partial charge in [0.1, 0.15) is 5.78 Å². The standard InChI is InChI=1S/C20H29N3O2/c1-17(24)20(18-5-3-2-4-6-18)8-13-23(14-9-20)19(25)7-12-22-15-10-21-11-16-22/h2-6,21H,7-16H2,1H3. The number of Topliss-reactive ketones (excluding diaryl/α,β-unsaturated/α-hetero) is 1. The Morgan fingerprint density at radius 3 is 2.28 bits per heavy atom. The van der Waals surface area contributed by atoms with Crippen molar-refractivity contribution in [3.05, 3.63) is 35.9 Å². The maximum atomic E-state index is 12.6. The molecular formula is C20H29N3O2. The fourth-order valence-corrected chi connectivity index (χ4v) is 4.09. The minimum absolute atomic E-state index is 0.214. The van der Waals surface area contributed by atoms with Gasteiger partial charge in [-0.1, -0.05) is 30.3 Å². The topological polar surface area (TPSA) is 52.7 Å². The maximum absolute atomic E-state index is 12.6. The number of rotatable bonds is 5. The molecule has 5 nitrogen and oxygen atoms in total. The van der Waals surface area contributed by atoms with Gasteiger partial charge in [-0.05, 0) is 25.3 Å². The Balaban J connectivity index is 1.56. The summed E-state index contributed by atoms with van der Waals surface area (Å²) in [4.78, 5) is 29.3. The number of likely N-dealkylation sites (tertiary alicyclic amines) is 1. The van der Waals surface area contributed by atoms with Gasteiger partial charge in [0.15, 0.2) is 0 Å². The average molecular weight is 343 g/mol. The van der Waals surface area contributed by atoms with E-state index in [0.717, 1.165) is 51.1 Å². The lowest BCUT2D eigenvalue weighted by molar-refractivity contribution is -0.135. The Morgan fingerprint density at radius 1 is 1.04 bits per heavy atom. The molecule has 1 amide bonds. The normalized spacial score (nSPS) is 21.1. The molecule has 0 saturated carbocycles. The first-order valence-corrected chi connectivity index (χ1v) is 9.39. The van der Waals surface area contributed by atoms with E-state index in [9.17, 15) is 9.59 Å². The first kappa shape index (κ1) is 18.1. The molecule has 0 bridgehead atoms. The molecule has 0 atom stereocenters. The number of piperidine rings is 1. The van der Waals surface area contributed by atoms with Crippen LogP contribution in [0.5, 0.6) is 0 Å². The molecule has 0 radical (unpaired) electrons. The molecule has 0 spiro atoms. The average Bonchev–Trinajstić information content (AvgIpc) is 2.67. The number of hydrogen-bond acceptors (Lipinski definition) is 4. The molecule has 136 valence electrons. The van der Waals surface area contributed by atoms with Crippen molar-refractivity contribution in [2.75, 3.05) is 45.8 Å². The largest absolute Gasteiger partial charge is 0.343 e. The number of carbonyl (C=O) groups excluding carboxylic acids is 2. The lowest BCUT2D eigenvalue weighted by atomic mass is 9.70. The highest BCUT2D eigenvalue weighted by atomic mass is 16.2. The smallest absolute Gasteiger partial charge is 0.223 e. The molecule has 1 N–H and O–H groups in total. The third-order valence-electron chi connectivity index (χ3n) is 5.82. The number of carbonyl (C=O) groups is 2. The van der Waals surface area contributed by atoms with Crippen molar-refractivity contribution >= 4 is 11.7 Å². The lowest BCUT2D eigenvalue weighted by Gasteiger charge is -2.41. The summed E-state index contributed by atoms with van der Waals surface area (Å²) in [6.07, 6.45) is 2.04. The quantitative estimate of drug-likeness (QED) is 0.879. The fourth-order valence-electron chi connectivity index (χ4n) is 4.09. The van der Waals surface area contributed by atoms with Crippen LogP contribution in [0, 0.1) is 0 Å². The second-order valence-corrected chi connectivity index (χ2v) is 7.23. The molecule has 2 aliphatic heterocycles. The molecule has 1 aromatic rings. The number of hydrogen-bond donors (Lipinski definition) is 1. The van der Waals surface area contributed by atoms with E-state index in [2.05, 4.69) is 10.2 Å². The van der Waals surface area contributed by atoms with Gasteiger partial charge in [-0.15, -0.1) is 0 Å². The molecule has 0 unspecified atom stereocenters. The predicted octanol–water partition coefficient (Wildman–Crippen LogP) is 1.43. The summed E-state index contributed by atoms with van der Waals surface area (Å²) in [6.45, 7) is 7.95. The maximum Gasteiger partial charge on any atom is 0.223 e. The molecule has 25 heavy (non-hydrogen) atoms. The lowest BCUT2D eigenvalue weighted by Crippen LogP contribution is -2.49. The van der Waals surface area contributed by atoms with Gasteiger partial charge in [0.05, 0.1) is 5.41 Å². The van der Waals surface area contributed by atoms with Gasteiger partial charge in [-0.3, -0.25) is 9.59 Å². The van der Waals surface area contributed by atoms with E-state index in [1.807, 2.05) is 35.2 Å². The summed E-state index contributed by atoms with van der Waals surface area (Å²) in [5.41, 5.74) is 0.673. The first-order valence-electron chi connectivity index (χ1n) is 9.39. The van der Waals surface area contributed by atoms with Crippen molar-refractivity contribution in [1.29, 1.82) is 0 Å². The molecule has 1 aromatic carbocycles. The molecule has 2 heterocycles. The van der Waals surface area contributed by atoms with E-state index in [-0.39, 0.29) is 11.7 Å². The van der Waals surface area contributed by atoms with E-state index in [0.29, 0.717) is 19.5 Å². The van der Waals surface area contributed by atoms with Crippen LogP contribution in [0.25, 0.3) is 0 Å². The summed E-state index contributed by atoms with van der Waals surface area (Å²) in [5, 5.41) is 3.33. The van der Waals surface area contributed by atoms with Crippen LogP contribution in [0.1, 0.15) is 31.7 Å². The zero-order chi connectivity index (χ0) is 17.7. The van der Waals surface area contributed by atoms with Crippen molar-refractivity contribution in [1.82, 2.24) is 15.1 Å². The van der Waals surface area contributed by atoms with E-state index in [1.165, 1.54) is 0 Å².